The summed E-state index contributed by atoms with van der Waals surface area (Å²) < 4.78 is 0. The molecule has 0 spiro atoms. The Kier molecular flexibility index (Phi) is 5.46. The number of thioether (sulfide) groups is 1. The first-order chi connectivity index (χ1) is 9.95. The summed E-state index contributed by atoms with van der Waals surface area (Å²) in [5.41, 5.74) is 0.882. The Hall–Kier alpha value is -0.850. The van der Waals surface area contributed by atoms with Crippen LogP contribution in [0.25, 0.3) is 0 Å². The number of carboxylic acids is 1. The summed E-state index contributed by atoms with van der Waals surface area (Å²) in [5.74, 6) is -0.697. The fraction of sp³-hybridized carbons (Fsp3) is 0.429. The number of thiol groups is 1. The number of carboxylic acid groups (broad SMARTS) is 1. The van der Waals surface area contributed by atoms with Gasteiger partial charge in [-0.1, -0.05) is 30.7 Å². The molecule has 1 fully saturated rings. The van der Waals surface area contributed by atoms with Gasteiger partial charge in [0.15, 0.2) is 0 Å². The van der Waals surface area contributed by atoms with Crippen molar-refractivity contribution in [3.63, 3.8) is 0 Å². The van der Waals surface area contributed by atoms with Crippen LogP contribution in [0.15, 0.2) is 24.3 Å². The fourth-order valence-electron chi connectivity index (χ4n) is 2.18. The molecule has 1 aliphatic heterocycles. The van der Waals surface area contributed by atoms with Crippen LogP contribution in [0.5, 0.6) is 0 Å². The predicted octanol–water partition coefficient (Wildman–Crippen LogP) is 2.93. The Morgan fingerprint density at radius 2 is 2.10 bits per heavy atom. The molecule has 114 valence electrons. The second-order valence-corrected chi connectivity index (χ2v) is 6.84. The molecule has 1 aliphatic rings. The SMILES string of the molecule is CC(CS)C(=O)N1C(c2ccc(Cl)cc2)SC[C@H]1C(=O)O. The molecule has 1 aromatic carbocycles. The van der Waals surface area contributed by atoms with E-state index in [4.69, 9.17) is 11.6 Å². The lowest BCUT2D eigenvalue weighted by molar-refractivity contribution is -0.150. The van der Waals surface area contributed by atoms with E-state index in [1.807, 2.05) is 12.1 Å². The molecule has 0 saturated carbocycles. The first-order valence-electron chi connectivity index (χ1n) is 6.48. The average Bonchev–Trinajstić information content (AvgIpc) is 2.91. The fourth-order valence-corrected chi connectivity index (χ4v) is 3.89. The molecule has 1 aromatic rings. The third-order valence-corrected chi connectivity index (χ3v) is 5.51. The van der Waals surface area contributed by atoms with E-state index in [0.717, 1.165) is 5.56 Å². The lowest BCUT2D eigenvalue weighted by Gasteiger charge is -2.29. The highest BCUT2D eigenvalue weighted by atomic mass is 35.5. The molecule has 0 bridgehead atoms. The number of carbonyl (C=O) groups is 2. The molecular formula is C14H16ClNO3S2. The maximum absolute atomic E-state index is 12.5. The molecular weight excluding hydrogens is 330 g/mol. The zero-order chi connectivity index (χ0) is 15.6. The smallest absolute Gasteiger partial charge is 0.327 e. The van der Waals surface area contributed by atoms with Gasteiger partial charge in [0.25, 0.3) is 0 Å². The number of amides is 1. The summed E-state index contributed by atoms with van der Waals surface area (Å²) in [4.78, 5) is 25.4. The van der Waals surface area contributed by atoms with Crippen molar-refractivity contribution in [2.24, 2.45) is 5.92 Å². The van der Waals surface area contributed by atoms with Crippen LogP contribution in [0.3, 0.4) is 0 Å². The molecule has 1 heterocycles. The summed E-state index contributed by atoms with van der Waals surface area (Å²) in [6.07, 6.45) is 0. The predicted molar refractivity (Wildman–Crippen MR) is 87.9 cm³/mol. The Morgan fingerprint density at radius 3 is 2.62 bits per heavy atom. The van der Waals surface area contributed by atoms with Crippen molar-refractivity contribution in [2.45, 2.75) is 18.3 Å². The third kappa shape index (κ3) is 3.49. The molecule has 2 rings (SSSR count). The molecule has 1 N–H and O–H groups in total. The molecule has 4 nitrogen and oxygen atoms in total. The van der Waals surface area contributed by atoms with E-state index < -0.39 is 12.0 Å². The quantitative estimate of drug-likeness (QED) is 0.824. The van der Waals surface area contributed by atoms with Gasteiger partial charge in [0.1, 0.15) is 11.4 Å². The number of aliphatic carboxylic acids is 1. The zero-order valence-electron chi connectivity index (χ0n) is 11.4. The van der Waals surface area contributed by atoms with Crippen LogP contribution < -0.4 is 0 Å². The second kappa shape index (κ2) is 6.94. The van der Waals surface area contributed by atoms with Gasteiger partial charge in [-0.3, -0.25) is 4.79 Å². The minimum atomic E-state index is -0.973. The molecule has 7 heteroatoms. The van der Waals surface area contributed by atoms with Gasteiger partial charge in [0.05, 0.1) is 0 Å². The number of nitrogens with zero attached hydrogens (tertiary/aromatic N) is 1. The van der Waals surface area contributed by atoms with E-state index in [9.17, 15) is 14.7 Å². The summed E-state index contributed by atoms with van der Waals surface area (Å²) in [5, 5.41) is 9.66. The highest BCUT2D eigenvalue weighted by Gasteiger charge is 2.43. The topological polar surface area (TPSA) is 57.6 Å². The van der Waals surface area contributed by atoms with Crippen molar-refractivity contribution < 1.29 is 14.7 Å². The second-order valence-electron chi connectivity index (χ2n) is 4.92. The Balaban J connectivity index is 2.33. The van der Waals surface area contributed by atoms with Crippen molar-refractivity contribution in [1.29, 1.82) is 0 Å². The highest BCUT2D eigenvalue weighted by molar-refractivity contribution is 7.99. The summed E-state index contributed by atoms with van der Waals surface area (Å²) in [6.45, 7) is 1.76. The van der Waals surface area contributed by atoms with Crippen molar-refractivity contribution in [3.05, 3.63) is 34.9 Å². The lowest BCUT2D eigenvalue weighted by Crippen LogP contribution is -2.45. The largest absolute Gasteiger partial charge is 0.480 e. The minimum absolute atomic E-state index is 0.178. The average molecular weight is 346 g/mol. The van der Waals surface area contributed by atoms with E-state index in [2.05, 4.69) is 12.6 Å². The molecule has 1 amide bonds. The van der Waals surface area contributed by atoms with Gasteiger partial charge in [-0.25, -0.2) is 4.79 Å². The van der Waals surface area contributed by atoms with Crippen LogP contribution in [0.4, 0.5) is 0 Å². The first kappa shape index (κ1) is 16.5. The Labute approximate surface area is 138 Å². The molecule has 1 saturated heterocycles. The van der Waals surface area contributed by atoms with Crippen LogP contribution in [0, 0.1) is 5.92 Å². The standard InChI is InChI=1S/C14H16ClNO3S2/c1-8(6-20)12(17)16-11(14(18)19)7-21-13(16)9-2-4-10(15)5-3-9/h2-5,8,11,13,20H,6-7H2,1H3,(H,18,19)/t8?,11-,13?/m0/s1. The number of halogens is 1. The minimum Gasteiger partial charge on any atom is -0.480 e. The molecule has 0 aliphatic carbocycles. The lowest BCUT2D eigenvalue weighted by atomic mass is 10.1. The number of rotatable bonds is 4. The van der Waals surface area contributed by atoms with E-state index in [1.54, 1.807) is 19.1 Å². The van der Waals surface area contributed by atoms with Crippen LogP contribution >= 0.6 is 36.0 Å². The van der Waals surface area contributed by atoms with Gasteiger partial charge < -0.3 is 10.0 Å². The molecule has 0 aromatic heterocycles. The third-order valence-electron chi connectivity index (χ3n) is 3.39. The number of benzene rings is 1. The first-order valence-corrected chi connectivity index (χ1v) is 8.54. The van der Waals surface area contributed by atoms with E-state index in [0.29, 0.717) is 16.5 Å². The van der Waals surface area contributed by atoms with Gasteiger partial charge in [-0.2, -0.15) is 12.6 Å². The van der Waals surface area contributed by atoms with E-state index in [1.165, 1.54) is 16.7 Å². The van der Waals surface area contributed by atoms with Crippen molar-refractivity contribution in [1.82, 2.24) is 4.90 Å². The van der Waals surface area contributed by atoms with Gasteiger partial charge in [-0.15, -0.1) is 11.8 Å². The summed E-state index contributed by atoms with van der Waals surface area (Å²) >= 11 is 11.5. The van der Waals surface area contributed by atoms with Crippen molar-refractivity contribution in [2.75, 3.05) is 11.5 Å². The van der Waals surface area contributed by atoms with Crippen molar-refractivity contribution in [3.8, 4) is 0 Å². The van der Waals surface area contributed by atoms with E-state index in [-0.39, 0.29) is 17.2 Å². The van der Waals surface area contributed by atoms with Gasteiger partial charge in [-0.05, 0) is 17.7 Å². The Bertz CT molecular complexity index is 538. The maximum atomic E-state index is 12.5. The van der Waals surface area contributed by atoms with Gasteiger partial charge in [0, 0.05) is 22.4 Å². The molecule has 21 heavy (non-hydrogen) atoms. The van der Waals surface area contributed by atoms with Gasteiger partial charge in [0.2, 0.25) is 5.91 Å². The van der Waals surface area contributed by atoms with Gasteiger partial charge >= 0.3 is 5.97 Å². The maximum Gasteiger partial charge on any atom is 0.327 e. The Morgan fingerprint density at radius 1 is 1.48 bits per heavy atom. The molecule has 3 atom stereocenters. The highest BCUT2D eigenvalue weighted by Crippen LogP contribution is 2.42. The van der Waals surface area contributed by atoms with Crippen LogP contribution in [0.2, 0.25) is 5.02 Å². The van der Waals surface area contributed by atoms with Crippen LogP contribution in [-0.4, -0.2) is 39.4 Å². The summed E-state index contributed by atoms with van der Waals surface area (Å²) in [7, 11) is 0. The molecule has 0 radical (unpaired) electrons. The number of hydrogen-bond donors (Lipinski definition) is 2. The normalized spacial score (nSPS) is 23.1. The monoisotopic (exact) mass is 345 g/mol. The number of carbonyl (C=O) groups excluding carboxylic acids is 1. The van der Waals surface area contributed by atoms with E-state index >= 15 is 0 Å². The number of hydrogen-bond acceptors (Lipinski definition) is 4. The molecule has 2 unspecified atom stereocenters. The summed E-state index contributed by atoms with van der Waals surface area (Å²) in [6, 6.07) is 6.35. The van der Waals surface area contributed by atoms with Crippen LogP contribution in [-0.2, 0) is 9.59 Å². The zero-order valence-corrected chi connectivity index (χ0v) is 13.9. The van der Waals surface area contributed by atoms with Crippen LogP contribution in [0.1, 0.15) is 17.9 Å². The van der Waals surface area contributed by atoms with Crippen molar-refractivity contribution >= 4 is 47.9 Å².